The Morgan fingerprint density at radius 1 is 1.03 bits per heavy atom. The van der Waals surface area contributed by atoms with Gasteiger partial charge in [0.05, 0.1) is 0 Å². The lowest BCUT2D eigenvalue weighted by Gasteiger charge is -2.20. The van der Waals surface area contributed by atoms with Gasteiger partial charge < -0.3 is 20.0 Å². The number of aromatic nitrogens is 2. The first-order valence-electron chi connectivity index (χ1n) is 11.0. The predicted molar refractivity (Wildman–Crippen MR) is 114 cm³/mol. The molecule has 2 fully saturated rings. The molecular formula is C22H31N5O2. The molecule has 1 aromatic heterocycles. The van der Waals surface area contributed by atoms with Gasteiger partial charge in [-0.15, -0.1) is 5.10 Å². The molecule has 29 heavy (non-hydrogen) atoms. The summed E-state index contributed by atoms with van der Waals surface area (Å²) in [5.74, 6) is 0.770. The lowest BCUT2D eigenvalue weighted by molar-refractivity contribution is -0.120. The van der Waals surface area contributed by atoms with Crippen LogP contribution in [-0.2, 0) is 4.79 Å². The smallest absolute Gasteiger partial charge is 0.315 e. The van der Waals surface area contributed by atoms with Gasteiger partial charge in [0.2, 0.25) is 11.8 Å². The Morgan fingerprint density at radius 3 is 2.55 bits per heavy atom. The van der Waals surface area contributed by atoms with Crippen molar-refractivity contribution in [1.82, 2.24) is 15.1 Å². The number of rotatable bonds is 8. The summed E-state index contributed by atoms with van der Waals surface area (Å²) >= 11 is 0. The van der Waals surface area contributed by atoms with Gasteiger partial charge in [0.1, 0.15) is 0 Å². The lowest BCUT2D eigenvalue weighted by atomic mass is 9.88. The molecular weight excluding hydrogens is 366 g/mol. The van der Waals surface area contributed by atoms with Gasteiger partial charge in [-0.3, -0.25) is 4.79 Å². The maximum atomic E-state index is 12.4. The highest BCUT2D eigenvalue weighted by atomic mass is 16.4. The van der Waals surface area contributed by atoms with E-state index in [1.54, 1.807) is 0 Å². The summed E-state index contributed by atoms with van der Waals surface area (Å²) in [6.07, 6.45) is 9.27. The van der Waals surface area contributed by atoms with Crippen molar-refractivity contribution in [3.8, 4) is 11.5 Å². The Hall–Kier alpha value is -2.41. The molecule has 156 valence electrons. The predicted octanol–water partition coefficient (Wildman–Crippen LogP) is 4.15. The maximum Gasteiger partial charge on any atom is 0.315 e. The van der Waals surface area contributed by atoms with E-state index in [0.29, 0.717) is 11.9 Å². The minimum absolute atomic E-state index is 0.135. The van der Waals surface area contributed by atoms with Gasteiger partial charge in [-0.05, 0) is 76.0 Å². The zero-order valence-electron chi connectivity index (χ0n) is 17.0. The first-order chi connectivity index (χ1) is 14.3. The molecule has 1 aliphatic heterocycles. The highest BCUT2D eigenvalue weighted by molar-refractivity contribution is 5.92. The van der Waals surface area contributed by atoms with Crippen molar-refractivity contribution < 1.29 is 9.21 Å². The summed E-state index contributed by atoms with van der Waals surface area (Å²) in [4.78, 5) is 14.9. The fourth-order valence-corrected chi connectivity index (χ4v) is 4.22. The summed E-state index contributed by atoms with van der Waals surface area (Å²) in [6.45, 7) is 4.38. The molecule has 0 unspecified atom stereocenters. The molecule has 7 heteroatoms. The Morgan fingerprint density at radius 2 is 1.79 bits per heavy atom. The summed E-state index contributed by atoms with van der Waals surface area (Å²) in [7, 11) is 0. The number of carbonyl (C=O) groups excluding carboxylic acids is 1. The van der Waals surface area contributed by atoms with Gasteiger partial charge in [0, 0.05) is 23.7 Å². The zero-order valence-corrected chi connectivity index (χ0v) is 17.0. The van der Waals surface area contributed by atoms with Crippen molar-refractivity contribution in [2.24, 2.45) is 5.92 Å². The van der Waals surface area contributed by atoms with E-state index < -0.39 is 0 Å². The molecule has 2 heterocycles. The van der Waals surface area contributed by atoms with Crippen LogP contribution in [0.15, 0.2) is 28.7 Å². The van der Waals surface area contributed by atoms with Crippen LogP contribution in [0.1, 0.15) is 51.4 Å². The van der Waals surface area contributed by atoms with Gasteiger partial charge >= 0.3 is 6.01 Å². The van der Waals surface area contributed by atoms with E-state index in [1.165, 1.54) is 32.4 Å². The highest BCUT2D eigenvalue weighted by Gasteiger charge is 2.21. The highest BCUT2D eigenvalue weighted by Crippen LogP contribution is 2.26. The Balaban J connectivity index is 1.25. The molecule has 2 aliphatic rings. The van der Waals surface area contributed by atoms with E-state index >= 15 is 0 Å². The first-order valence-corrected chi connectivity index (χ1v) is 11.0. The van der Waals surface area contributed by atoms with Gasteiger partial charge in [-0.2, -0.15) is 0 Å². The number of nitrogens with one attached hydrogen (secondary N) is 2. The molecule has 1 aromatic carbocycles. The zero-order chi connectivity index (χ0) is 19.9. The minimum Gasteiger partial charge on any atom is -0.403 e. The van der Waals surface area contributed by atoms with Crippen LogP contribution in [0.4, 0.5) is 11.7 Å². The second-order valence-electron chi connectivity index (χ2n) is 8.14. The van der Waals surface area contributed by atoms with Crippen LogP contribution in [0.3, 0.4) is 0 Å². The second kappa shape index (κ2) is 9.87. The molecule has 0 bridgehead atoms. The number of likely N-dealkylation sites (tertiary alicyclic amines) is 1. The van der Waals surface area contributed by atoms with E-state index in [0.717, 1.165) is 56.4 Å². The Kier molecular flexibility index (Phi) is 6.77. The molecule has 0 spiro atoms. The van der Waals surface area contributed by atoms with Gasteiger partial charge in [0.25, 0.3) is 0 Å². The van der Waals surface area contributed by atoms with Crippen LogP contribution in [0.2, 0.25) is 0 Å². The first kappa shape index (κ1) is 19.9. The van der Waals surface area contributed by atoms with Gasteiger partial charge in [0.15, 0.2) is 0 Å². The number of anilines is 2. The molecule has 0 atom stereocenters. The van der Waals surface area contributed by atoms with Crippen LogP contribution < -0.4 is 10.6 Å². The van der Waals surface area contributed by atoms with Crippen molar-refractivity contribution >= 4 is 17.6 Å². The van der Waals surface area contributed by atoms with Gasteiger partial charge in [-0.25, -0.2) is 0 Å². The third-order valence-electron chi connectivity index (χ3n) is 5.93. The van der Waals surface area contributed by atoms with Crippen molar-refractivity contribution in [3.05, 3.63) is 24.3 Å². The van der Waals surface area contributed by atoms with Crippen LogP contribution in [0.5, 0.6) is 0 Å². The molecule has 2 N–H and O–H groups in total. The normalized spacial score (nSPS) is 18.1. The van der Waals surface area contributed by atoms with E-state index in [-0.39, 0.29) is 11.8 Å². The Bertz CT molecular complexity index is 777. The molecule has 1 aliphatic carbocycles. The van der Waals surface area contributed by atoms with E-state index in [4.69, 9.17) is 4.42 Å². The summed E-state index contributed by atoms with van der Waals surface area (Å²) in [5.41, 5.74) is 1.65. The van der Waals surface area contributed by atoms with Crippen molar-refractivity contribution in [3.63, 3.8) is 0 Å². The van der Waals surface area contributed by atoms with E-state index in [9.17, 15) is 4.79 Å². The second-order valence-corrected chi connectivity index (χ2v) is 8.14. The minimum atomic E-state index is 0.135. The molecule has 0 radical (unpaired) electrons. The topological polar surface area (TPSA) is 83.3 Å². The Labute approximate surface area is 172 Å². The number of carbonyl (C=O) groups is 1. The number of nitrogens with zero attached hydrogens (tertiary/aromatic N) is 3. The van der Waals surface area contributed by atoms with Crippen molar-refractivity contribution in [2.45, 2.75) is 51.4 Å². The molecule has 1 saturated heterocycles. The monoisotopic (exact) mass is 397 g/mol. The van der Waals surface area contributed by atoms with Crippen LogP contribution in [-0.4, -0.2) is 47.2 Å². The molecule has 1 saturated carbocycles. The largest absolute Gasteiger partial charge is 0.403 e. The summed E-state index contributed by atoms with van der Waals surface area (Å²) in [6, 6.07) is 8.05. The molecule has 4 rings (SSSR count). The standard InChI is InChI=1S/C22H31N5O2/c28-20(17-7-2-1-3-8-17)24-19-11-9-18(10-12-19)21-25-26-22(29-21)23-13-6-16-27-14-4-5-15-27/h9-12,17H,1-8,13-16H2,(H,23,26)(H,24,28). The number of hydrogen-bond donors (Lipinski definition) is 2. The van der Waals surface area contributed by atoms with Crippen molar-refractivity contribution in [1.29, 1.82) is 0 Å². The fourth-order valence-electron chi connectivity index (χ4n) is 4.22. The molecule has 2 aromatic rings. The van der Waals surface area contributed by atoms with Crippen LogP contribution >= 0.6 is 0 Å². The average Bonchev–Trinajstić information content (AvgIpc) is 3.45. The van der Waals surface area contributed by atoms with E-state index in [2.05, 4.69) is 25.7 Å². The quantitative estimate of drug-likeness (QED) is 0.651. The average molecular weight is 398 g/mol. The van der Waals surface area contributed by atoms with Crippen molar-refractivity contribution in [2.75, 3.05) is 36.8 Å². The lowest BCUT2D eigenvalue weighted by Crippen LogP contribution is -2.24. The molecule has 1 amide bonds. The van der Waals surface area contributed by atoms with Gasteiger partial charge in [-0.1, -0.05) is 24.4 Å². The van der Waals surface area contributed by atoms with Crippen LogP contribution in [0, 0.1) is 5.92 Å². The molecule has 7 nitrogen and oxygen atoms in total. The number of amides is 1. The number of benzene rings is 1. The van der Waals surface area contributed by atoms with Crippen LogP contribution in [0.25, 0.3) is 11.5 Å². The third kappa shape index (κ3) is 5.56. The number of hydrogen-bond acceptors (Lipinski definition) is 6. The SMILES string of the molecule is O=C(Nc1ccc(-c2nnc(NCCCN3CCCC3)o2)cc1)C1CCCCC1. The third-order valence-corrected chi connectivity index (χ3v) is 5.93. The fraction of sp³-hybridized carbons (Fsp3) is 0.591. The summed E-state index contributed by atoms with van der Waals surface area (Å²) in [5, 5.41) is 14.5. The van der Waals surface area contributed by atoms with E-state index in [1.807, 2.05) is 24.3 Å². The summed E-state index contributed by atoms with van der Waals surface area (Å²) < 4.78 is 5.72. The maximum absolute atomic E-state index is 12.4.